The second-order valence-corrected chi connectivity index (χ2v) is 5.41. The molecule has 1 aromatic rings. The van der Waals surface area contributed by atoms with Crippen molar-refractivity contribution in [3.63, 3.8) is 0 Å². The molecule has 1 fully saturated rings. The van der Waals surface area contributed by atoms with Gasteiger partial charge in [0.25, 0.3) is 0 Å². The largest absolute Gasteiger partial charge is 0.332 e. The average Bonchev–Trinajstić information content (AvgIpc) is 2.75. The summed E-state index contributed by atoms with van der Waals surface area (Å²) in [4.78, 5) is 18.6. The normalized spacial score (nSPS) is 22.9. The van der Waals surface area contributed by atoms with Gasteiger partial charge in [0.15, 0.2) is 0 Å². The van der Waals surface area contributed by atoms with Gasteiger partial charge in [-0.05, 0) is 33.7 Å². The molecule has 5 heteroatoms. The van der Waals surface area contributed by atoms with Crippen molar-refractivity contribution in [2.24, 2.45) is 0 Å². The first-order chi connectivity index (χ1) is 8.13. The number of nitrogens with one attached hydrogen (secondary N) is 1. The third-order valence-electron chi connectivity index (χ3n) is 3.28. The van der Waals surface area contributed by atoms with Gasteiger partial charge in [0.1, 0.15) is 5.01 Å². The van der Waals surface area contributed by atoms with E-state index in [2.05, 4.69) is 17.2 Å². The highest BCUT2D eigenvalue weighted by atomic mass is 32.1. The zero-order chi connectivity index (χ0) is 12.4. The van der Waals surface area contributed by atoms with Crippen LogP contribution < -0.4 is 5.32 Å². The molecule has 2 rings (SSSR count). The molecular weight excluding hydrogens is 234 g/mol. The molecule has 1 saturated heterocycles. The highest BCUT2D eigenvalue weighted by molar-refractivity contribution is 7.09. The molecule has 4 nitrogen and oxygen atoms in total. The SMILES string of the molecule is CNC1CCCN(C(C)c2nc(C)cs2)C1=O. The van der Waals surface area contributed by atoms with Crippen LogP contribution in [-0.4, -0.2) is 35.4 Å². The summed E-state index contributed by atoms with van der Waals surface area (Å²) in [5, 5.41) is 6.16. The van der Waals surface area contributed by atoms with Crippen molar-refractivity contribution in [2.75, 3.05) is 13.6 Å². The highest BCUT2D eigenvalue weighted by Crippen LogP contribution is 2.27. The van der Waals surface area contributed by atoms with Crippen LogP contribution in [0.5, 0.6) is 0 Å². The van der Waals surface area contributed by atoms with Gasteiger partial charge in [-0.3, -0.25) is 4.79 Å². The second kappa shape index (κ2) is 5.14. The van der Waals surface area contributed by atoms with E-state index in [9.17, 15) is 4.79 Å². The lowest BCUT2D eigenvalue weighted by Crippen LogP contribution is -2.50. The minimum absolute atomic E-state index is 0.0211. The number of amides is 1. The van der Waals surface area contributed by atoms with Gasteiger partial charge in [-0.2, -0.15) is 0 Å². The predicted octanol–water partition coefficient (Wildman–Crippen LogP) is 1.72. The third kappa shape index (κ3) is 2.50. The van der Waals surface area contributed by atoms with E-state index in [4.69, 9.17) is 0 Å². The molecule has 0 aromatic carbocycles. The third-order valence-corrected chi connectivity index (χ3v) is 4.42. The van der Waals surface area contributed by atoms with E-state index in [1.807, 2.05) is 24.3 Å². The van der Waals surface area contributed by atoms with E-state index in [-0.39, 0.29) is 18.0 Å². The van der Waals surface area contributed by atoms with Gasteiger partial charge in [-0.15, -0.1) is 11.3 Å². The second-order valence-electron chi connectivity index (χ2n) is 4.52. The number of carbonyl (C=O) groups excluding carboxylic acids is 1. The Balaban J connectivity index is 2.13. The van der Waals surface area contributed by atoms with E-state index in [1.54, 1.807) is 11.3 Å². The van der Waals surface area contributed by atoms with Crippen LogP contribution in [0.1, 0.15) is 36.5 Å². The van der Waals surface area contributed by atoms with Crippen molar-refractivity contribution >= 4 is 17.2 Å². The summed E-state index contributed by atoms with van der Waals surface area (Å²) in [6.07, 6.45) is 2.00. The summed E-state index contributed by atoms with van der Waals surface area (Å²) in [5.74, 6) is 0.208. The maximum atomic E-state index is 12.2. The lowest BCUT2D eigenvalue weighted by Gasteiger charge is -2.35. The van der Waals surface area contributed by atoms with Crippen LogP contribution in [0.3, 0.4) is 0 Å². The molecule has 1 aliphatic rings. The minimum Gasteiger partial charge on any atom is -0.332 e. The first-order valence-electron chi connectivity index (χ1n) is 6.03. The number of thiazole rings is 1. The Morgan fingerprint density at radius 2 is 2.41 bits per heavy atom. The molecule has 0 spiro atoms. The summed E-state index contributed by atoms with van der Waals surface area (Å²) >= 11 is 1.64. The van der Waals surface area contributed by atoms with Crippen molar-refractivity contribution in [3.05, 3.63) is 16.1 Å². The summed E-state index contributed by atoms with van der Waals surface area (Å²) in [7, 11) is 1.85. The molecule has 1 amide bonds. The highest BCUT2D eigenvalue weighted by Gasteiger charge is 2.31. The maximum absolute atomic E-state index is 12.2. The fourth-order valence-electron chi connectivity index (χ4n) is 2.25. The van der Waals surface area contributed by atoms with E-state index < -0.39 is 0 Å². The molecule has 94 valence electrons. The van der Waals surface area contributed by atoms with Crippen LogP contribution >= 0.6 is 11.3 Å². The Kier molecular flexibility index (Phi) is 3.79. The predicted molar refractivity (Wildman–Crippen MR) is 69.1 cm³/mol. The molecule has 0 saturated carbocycles. The van der Waals surface area contributed by atoms with Gasteiger partial charge in [-0.1, -0.05) is 0 Å². The molecule has 1 aliphatic heterocycles. The molecular formula is C12H19N3OS. The number of aromatic nitrogens is 1. The van der Waals surface area contributed by atoms with Crippen LogP contribution in [0.25, 0.3) is 0 Å². The standard InChI is InChI=1S/C12H19N3OS/c1-8-7-17-11(14-8)9(2)15-6-4-5-10(13-3)12(15)16/h7,9-10,13H,4-6H2,1-3H3. The number of rotatable bonds is 3. The number of aryl methyl sites for hydroxylation is 1. The topological polar surface area (TPSA) is 45.2 Å². The Hall–Kier alpha value is -0.940. The zero-order valence-corrected chi connectivity index (χ0v) is 11.4. The first-order valence-corrected chi connectivity index (χ1v) is 6.91. The molecule has 2 atom stereocenters. The van der Waals surface area contributed by atoms with Crippen molar-refractivity contribution in [3.8, 4) is 0 Å². The summed E-state index contributed by atoms with van der Waals surface area (Å²) in [6.45, 7) is 4.90. The molecule has 17 heavy (non-hydrogen) atoms. The van der Waals surface area contributed by atoms with Crippen LogP contribution in [0.2, 0.25) is 0 Å². The Morgan fingerprint density at radius 3 is 3.00 bits per heavy atom. The molecule has 0 bridgehead atoms. The zero-order valence-electron chi connectivity index (χ0n) is 10.6. The number of likely N-dealkylation sites (N-methyl/N-ethyl adjacent to an activating group) is 1. The molecule has 2 unspecified atom stereocenters. The Bertz CT molecular complexity index is 404. The van der Waals surface area contributed by atoms with Gasteiger partial charge in [0.05, 0.1) is 12.1 Å². The van der Waals surface area contributed by atoms with Crippen molar-refractivity contribution in [1.82, 2.24) is 15.2 Å². The number of nitrogens with zero attached hydrogens (tertiary/aromatic N) is 2. The smallest absolute Gasteiger partial charge is 0.240 e. The quantitative estimate of drug-likeness (QED) is 0.892. The van der Waals surface area contributed by atoms with E-state index in [0.717, 1.165) is 30.1 Å². The van der Waals surface area contributed by atoms with Crippen LogP contribution in [0, 0.1) is 6.92 Å². The fourth-order valence-corrected chi connectivity index (χ4v) is 3.11. The number of hydrogen-bond acceptors (Lipinski definition) is 4. The number of carbonyl (C=O) groups is 1. The van der Waals surface area contributed by atoms with Crippen molar-refractivity contribution in [2.45, 2.75) is 38.8 Å². The van der Waals surface area contributed by atoms with Crippen LogP contribution in [0.15, 0.2) is 5.38 Å². The number of piperidine rings is 1. The van der Waals surface area contributed by atoms with Gasteiger partial charge in [0, 0.05) is 17.6 Å². The molecule has 1 N–H and O–H groups in total. The number of likely N-dealkylation sites (tertiary alicyclic amines) is 1. The van der Waals surface area contributed by atoms with E-state index in [1.165, 1.54) is 0 Å². The minimum atomic E-state index is -0.0211. The molecule has 0 radical (unpaired) electrons. The van der Waals surface area contributed by atoms with Gasteiger partial charge in [-0.25, -0.2) is 4.98 Å². The maximum Gasteiger partial charge on any atom is 0.240 e. The van der Waals surface area contributed by atoms with E-state index >= 15 is 0 Å². The van der Waals surface area contributed by atoms with Gasteiger partial charge < -0.3 is 10.2 Å². The van der Waals surface area contributed by atoms with E-state index in [0.29, 0.717) is 0 Å². The lowest BCUT2D eigenvalue weighted by atomic mass is 10.0. The molecule has 2 heterocycles. The summed E-state index contributed by atoms with van der Waals surface area (Å²) in [5.41, 5.74) is 1.03. The average molecular weight is 253 g/mol. The molecule has 0 aliphatic carbocycles. The summed E-state index contributed by atoms with van der Waals surface area (Å²) < 4.78 is 0. The van der Waals surface area contributed by atoms with Crippen molar-refractivity contribution in [1.29, 1.82) is 0 Å². The lowest BCUT2D eigenvalue weighted by molar-refractivity contribution is -0.138. The van der Waals surface area contributed by atoms with Crippen LogP contribution in [-0.2, 0) is 4.79 Å². The molecule has 1 aromatic heterocycles. The summed E-state index contributed by atoms with van der Waals surface area (Å²) in [6, 6.07) is 0.0737. The Labute approximate surface area is 106 Å². The van der Waals surface area contributed by atoms with Crippen molar-refractivity contribution < 1.29 is 4.79 Å². The fraction of sp³-hybridized carbons (Fsp3) is 0.667. The van der Waals surface area contributed by atoms with Gasteiger partial charge in [0.2, 0.25) is 5.91 Å². The number of hydrogen-bond donors (Lipinski definition) is 1. The Morgan fingerprint density at radius 1 is 1.65 bits per heavy atom. The first kappa shape index (κ1) is 12.5. The van der Waals surface area contributed by atoms with Crippen LogP contribution in [0.4, 0.5) is 0 Å². The van der Waals surface area contributed by atoms with Gasteiger partial charge >= 0.3 is 0 Å². The monoisotopic (exact) mass is 253 g/mol.